The second-order valence-electron chi connectivity index (χ2n) is 3.86. The minimum absolute atomic E-state index is 0.114. The molecular formula is C13H11BrF2N2. The lowest BCUT2D eigenvalue weighted by Crippen LogP contribution is -2.06. The highest BCUT2D eigenvalue weighted by Crippen LogP contribution is 2.22. The summed E-state index contributed by atoms with van der Waals surface area (Å²) in [6.45, 7) is 1.86. The summed E-state index contributed by atoms with van der Waals surface area (Å²) in [4.78, 5) is 4.18. The molecule has 0 unspecified atom stereocenters. The summed E-state index contributed by atoms with van der Waals surface area (Å²) < 4.78 is 27.9. The van der Waals surface area contributed by atoms with Crippen LogP contribution in [0.15, 0.2) is 34.9 Å². The second kappa shape index (κ2) is 5.44. The topological polar surface area (TPSA) is 24.9 Å². The predicted molar refractivity (Wildman–Crippen MR) is 70.4 cm³/mol. The second-order valence-corrected chi connectivity index (χ2v) is 4.67. The van der Waals surface area contributed by atoms with Gasteiger partial charge in [-0.15, -0.1) is 0 Å². The predicted octanol–water partition coefficient (Wildman–Crippen LogP) is 4.04. The highest BCUT2D eigenvalue weighted by atomic mass is 79.9. The van der Waals surface area contributed by atoms with E-state index < -0.39 is 11.6 Å². The quantitative estimate of drug-likeness (QED) is 0.865. The third kappa shape index (κ3) is 2.85. The van der Waals surface area contributed by atoms with Gasteiger partial charge in [-0.2, -0.15) is 0 Å². The van der Waals surface area contributed by atoms with Crippen LogP contribution in [0, 0.1) is 18.6 Å². The molecule has 0 aliphatic carbocycles. The number of nitrogens with one attached hydrogen (secondary N) is 1. The molecule has 0 bridgehead atoms. The number of aryl methyl sites for hydroxylation is 1. The standard InChI is InChI=1S/C13H11BrF2N2/c1-8-5-6-10(15)13(12(8)16)17-7-9-3-2-4-11(14)18-9/h2-6,17H,7H2,1H3. The third-order valence-corrected chi connectivity index (χ3v) is 2.94. The Balaban J connectivity index is 2.18. The fraction of sp³-hybridized carbons (Fsp3) is 0.154. The van der Waals surface area contributed by atoms with Crippen LogP contribution in [0.5, 0.6) is 0 Å². The van der Waals surface area contributed by atoms with Gasteiger partial charge in [-0.05, 0) is 46.6 Å². The molecule has 0 amide bonds. The lowest BCUT2D eigenvalue weighted by atomic mass is 10.2. The molecule has 0 atom stereocenters. The Morgan fingerprint density at radius 3 is 2.72 bits per heavy atom. The summed E-state index contributed by atoms with van der Waals surface area (Å²) in [6, 6.07) is 8.04. The Kier molecular flexibility index (Phi) is 3.91. The lowest BCUT2D eigenvalue weighted by molar-refractivity contribution is 0.582. The van der Waals surface area contributed by atoms with Crippen molar-refractivity contribution in [3.05, 3.63) is 57.8 Å². The van der Waals surface area contributed by atoms with Crippen molar-refractivity contribution in [1.82, 2.24) is 4.98 Å². The van der Waals surface area contributed by atoms with Gasteiger partial charge in [0.15, 0.2) is 5.82 Å². The summed E-state index contributed by atoms with van der Waals surface area (Å²) in [5, 5.41) is 2.73. The molecule has 0 aliphatic heterocycles. The number of benzene rings is 1. The molecule has 2 aromatic rings. The monoisotopic (exact) mass is 312 g/mol. The van der Waals surface area contributed by atoms with Crippen molar-refractivity contribution in [2.75, 3.05) is 5.32 Å². The van der Waals surface area contributed by atoms with Crippen molar-refractivity contribution in [3.63, 3.8) is 0 Å². The van der Waals surface area contributed by atoms with E-state index in [2.05, 4.69) is 26.2 Å². The summed E-state index contributed by atoms with van der Waals surface area (Å²) in [5.74, 6) is -1.17. The SMILES string of the molecule is Cc1ccc(F)c(NCc2cccc(Br)n2)c1F. The molecule has 1 aromatic heterocycles. The van der Waals surface area contributed by atoms with Gasteiger partial charge in [-0.3, -0.25) is 0 Å². The molecule has 0 spiro atoms. The van der Waals surface area contributed by atoms with Crippen LogP contribution in [0.4, 0.5) is 14.5 Å². The van der Waals surface area contributed by atoms with Crippen LogP contribution < -0.4 is 5.32 Å². The summed E-state index contributed by atoms with van der Waals surface area (Å²) >= 11 is 3.24. The smallest absolute Gasteiger partial charge is 0.152 e. The molecule has 2 nitrogen and oxygen atoms in total. The van der Waals surface area contributed by atoms with E-state index in [0.717, 1.165) is 0 Å². The van der Waals surface area contributed by atoms with Gasteiger partial charge in [0.25, 0.3) is 0 Å². The van der Waals surface area contributed by atoms with Gasteiger partial charge in [0.05, 0.1) is 12.2 Å². The number of rotatable bonds is 3. The Hall–Kier alpha value is -1.49. The first-order valence-electron chi connectivity index (χ1n) is 5.38. The van der Waals surface area contributed by atoms with Crippen LogP contribution in [0.1, 0.15) is 11.3 Å². The number of halogens is 3. The molecular weight excluding hydrogens is 302 g/mol. The number of aromatic nitrogens is 1. The van der Waals surface area contributed by atoms with Gasteiger partial charge < -0.3 is 5.32 Å². The number of pyridine rings is 1. The Labute approximate surface area is 112 Å². The molecule has 0 saturated heterocycles. The van der Waals surface area contributed by atoms with Crippen molar-refractivity contribution >= 4 is 21.6 Å². The average Bonchev–Trinajstić information content (AvgIpc) is 2.34. The number of anilines is 1. The minimum Gasteiger partial charge on any atom is -0.375 e. The molecule has 0 fully saturated rings. The zero-order valence-electron chi connectivity index (χ0n) is 9.67. The summed E-state index contributed by atoms with van der Waals surface area (Å²) in [6.07, 6.45) is 0. The van der Waals surface area contributed by atoms with E-state index in [1.54, 1.807) is 19.1 Å². The lowest BCUT2D eigenvalue weighted by Gasteiger charge is -2.10. The zero-order chi connectivity index (χ0) is 13.1. The highest BCUT2D eigenvalue weighted by molar-refractivity contribution is 9.10. The first-order valence-corrected chi connectivity index (χ1v) is 6.17. The fourth-order valence-electron chi connectivity index (χ4n) is 1.55. The highest BCUT2D eigenvalue weighted by Gasteiger charge is 2.11. The van der Waals surface area contributed by atoms with E-state index >= 15 is 0 Å². The van der Waals surface area contributed by atoms with E-state index in [0.29, 0.717) is 15.9 Å². The normalized spacial score (nSPS) is 10.4. The molecule has 1 N–H and O–H groups in total. The van der Waals surface area contributed by atoms with E-state index in [1.165, 1.54) is 12.1 Å². The molecule has 0 radical (unpaired) electrons. The van der Waals surface area contributed by atoms with Gasteiger partial charge in [0, 0.05) is 0 Å². The Bertz CT molecular complexity index is 573. The van der Waals surface area contributed by atoms with Crippen molar-refractivity contribution in [1.29, 1.82) is 0 Å². The van der Waals surface area contributed by atoms with Crippen molar-refractivity contribution < 1.29 is 8.78 Å². The molecule has 1 aromatic carbocycles. The number of hydrogen-bond donors (Lipinski definition) is 1. The van der Waals surface area contributed by atoms with Crippen LogP contribution >= 0.6 is 15.9 Å². The molecule has 2 rings (SSSR count). The van der Waals surface area contributed by atoms with Crippen molar-refractivity contribution in [2.45, 2.75) is 13.5 Å². The number of nitrogens with zero attached hydrogens (tertiary/aromatic N) is 1. The average molecular weight is 313 g/mol. The van der Waals surface area contributed by atoms with E-state index in [4.69, 9.17) is 0 Å². The fourth-order valence-corrected chi connectivity index (χ4v) is 1.93. The van der Waals surface area contributed by atoms with E-state index in [9.17, 15) is 8.78 Å². The maximum atomic E-state index is 13.7. The van der Waals surface area contributed by atoms with Crippen LogP contribution in [0.2, 0.25) is 0 Å². The zero-order valence-corrected chi connectivity index (χ0v) is 11.3. The number of hydrogen-bond acceptors (Lipinski definition) is 2. The Morgan fingerprint density at radius 2 is 2.00 bits per heavy atom. The maximum absolute atomic E-state index is 13.7. The van der Waals surface area contributed by atoms with Crippen molar-refractivity contribution in [3.8, 4) is 0 Å². The Morgan fingerprint density at radius 1 is 1.22 bits per heavy atom. The third-order valence-electron chi connectivity index (χ3n) is 2.50. The molecule has 94 valence electrons. The maximum Gasteiger partial charge on any atom is 0.152 e. The van der Waals surface area contributed by atoms with Crippen LogP contribution in [0.25, 0.3) is 0 Å². The van der Waals surface area contributed by atoms with Gasteiger partial charge in [-0.1, -0.05) is 12.1 Å². The van der Waals surface area contributed by atoms with Crippen LogP contribution in [0.3, 0.4) is 0 Å². The van der Waals surface area contributed by atoms with Gasteiger partial charge >= 0.3 is 0 Å². The minimum atomic E-state index is -0.604. The van der Waals surface area contributed by atoms with Gasteiger partial charge in [0.2, 0.25) is 0 Å². The molecule has 5 heteroatoms. The molecule has 1 heterocycles. The van der Waals surface area contributed by atoms with Crippen LogP contribution in [-0.4, -0.2) is 4.98 Å². The first kappa shape index (κ1) is 13.0. The van der Waals surface area contributed by atoms with Crippen LogP contribution in [-0.2, 0) is 6.54 Å². The van der Waals surface area contributed by atoms with Gasteiger partial charge in [0.1, 0.15) is 16.1 Å². The summed E-state index contributed by atoms with van der Waals surface area (Å²) in [7, 11) is 0. The molecule has 18 heavy (non-hydrogen) atoms. The largest absolute Gasteiger partial charge is 0.375 e. The summed E-state index contributed by atoms with van der Waals surface area (Å²) in [5.41, 5.74) is 0.988. The molecule has 0 saturated carbocycles. The van der Waals surface area contributed by atoms with E-state index in [-0.39, 0.29) is 12.2 Å². The van der Waals surface area contributed by atoms with Crippen molar-refractivity contribution in [2.24, 2.45) is 0 Å². The van der Waals surface area contributed by atoms with Gasteiger partial charge in [-0.25, -0.2) is 13.8 Å². The molecule has 0 aliphatic rings. The first-order chi connectivity index (χ1) is 8.58. The van der Waals surface area contributed by atoms with E-state index in [1.807, 2.05) is 6.07 Å².